The molecule has 1 heterocycles. The summed E-state index contributed by atoms with van der Waals surface area (Å²) in [5.74, 6) is -1.08. The summed E-state index contributed by atoms with van der Waals surface area (Å²) in [6.45, 7) is 5.93. The molecule has 3 N–H and O–H groups in total. The Balaban J connectivity index is 2.20. The van der Waals surface area contributed by atoms with E-state index in [1.165, 1.54) is 6.07 Å². The number of nitrogens with one attached hydrogen (secondary N) is 2. The number of halogens is 2. The Labute approximate surface area is 153 Å². The fourth-order valence-electron chi connectivity index (χ4n) is 1.87. The number of rotatable bonds is 3. The van der Waals surface area contributed by atoms with Gasteiger partial charge in [0.2, 0.25) is 0 Å². The number of carboxylic acid groups (broad SMARTS) is 1. The van der Waals surface area contributed by atoms with Crippen LogP contribution in [0.1, 0.15) is 35.3 Å². The SMILES string of the molecule is CC(C)(C)c1cc(NC(=O)Nc2ccc(Cl)c(Cl)c2)c(C(=O)O)s1. The van der Waals surface area contributed by atoms with Gasteiger partial charge in [0.25, 0.3) is 0 Å². The summed E-state index contributed by atoms with van der Waals surface area (Å²) in [5.41, 5.74) is 0.495. The lowest BCUT2D eigenvalue weighted by Crippen LogP contribution is -2.20. The first-order valence-electron chi connectivity index (χ1n) is 6.98. The standard InChI is InChI=1S/C16H16Cl2N2O3S/c1-16(2,3)12-7-11(13(24-12)14(21)22)20-15(23)19-8-4-5-9(17)10(18)6-8/h4-7H,1-3H3,(H,21,22)(H2,19,20,23). The van der Waals surface area contributed by atoms with Crippen molar-refractivity contribution in [2.45, 2.75) is 26.2 Å². The third kappa shape index (κ3) is 4.41. The first-order chi connectivity index (χ1) is 11.1. The number of thiophene rings is 1. The largest absolute Gasteiger partial charge is 0.477 e. The van der Waals surface area contributed by atoms with E-state index in [4.69, 9.17) is 23.2 Å². The minimum Gasteiger partial charge on any atom is -0.477 e. The van der Waals surface area contributed by atoms with Gasteiger partial charge in [-0.2, -0.15) is 0 Å². The molecule has 8 heteroatoms. The van der Waals surface area contributed by atoms with Crippen molar-refractivity contribution in [2.75, 3.05) is 10.6 Å². The van der Waals surface area contributed by atoms with Gasteiger partial charge in [-0.1, -0.05) is 44.0 Å². The number of hydrogen-bond donors (Lipinski definition) is 3. The molecular weight excluding hydrogens is 371 g/mol. The van der Waals surface area contributed by atoms with E-state index in [0.29, 0.717) is 15.7 Å². The van der Waals surface area contributed by atoms with Crippen molar-refractivity contribution in [1.29, 1.82) is 0 Å². The van der Waals surface area contributed by atoms with Crippen molar-refractivity contribution in [3.63, 3.8) is 0 Å². The Morgan fingerprint density at radius 3 is 2.29 bits per heavy atom. The fraction of sp³-hybridized carbons (Fsp3) is 0.250. The highest BCUT2D eigenvalue weighted by molar-refractivity contribution is 7.14. The lowest BCUT2D eigenvalue weighted by Gasteiger charge is -2.15. The lowest BCUT2D eigenvalue weighted by molar-refractivity contribution is 0.0703. The molecule has 2 rings (SSSR count). The zero-order valence-electron chi connectivity index (χ0n) is 13.2. The summed E-state index contributed by atoms with van der Waals surface area (Å²) in [7, 11) is 0. The number of carboxylic acids is 1. The Hall–Kier alpha value is -1.76. The average Bonchev–Trinajstić information content (AvgIpc) is 2.87. The molecule has 5 nitrogen and oxygen atoms in total. The third-order valence-corrected chi connectivity index (χ3v) is 5.38. The molecule has 1 aromatic heterocycles. The molecule has 0 radical (unpaired) electrons. The van der Waals surface area contributed by atoms with Gasteiger partial charge in [-0.25, -0.2) is 9.59 Å². The Morgan fingerprint density at radius 2 is 1.75 bits per heavy atom. The number of hydrogen-bond acceptors (Lipinski definition) is 3. The van der Waals surface area contributed by atoms with Gasteiger partial charge in [0.05, 0.1) is 15.7 Å². The molecule has 0 bridgehead atoms. The minimum atomic E-state index is -1.08. The Bertz CT molecular complexity index is 797. The smallest absolute Gasteiger partial charge is 0.348 e. The van der Waals surface area contributed by atoms with Crippen LogP contribution in [0.25, 0.3) is 0 Å². The van der Waals surface area contributed by atoms with Gasteiger partial charge in [0.15, 0.2) is 0 Å². The van der Waals surface area contributed by atoms with Crippen molar-refractivity contribution in [3.05, 3.63) is 44.1 Å². The van der Waals surface area contributed by atoms with Crippen molar-refractivity contribution < 1.29 is 14.7 Å². The van der Waals surface area contributed by atoms with E-state index in [0.717, 1.165) is 16.2 Å². The summed E-state index contributed by atoms with van der Waals surface area (Å²) in [6, 6.07) is 5.79. The molecule has 0 aliphatic heterocycles. The monoisotopic (exact) mass is 386 g/mol. The van der Waals surface area contributed by atoms with E-state index < -0.39 is 12.0 Å². The Morgan fingerprint density at radius 1 is 1.08 bits per heavy atom. The summed E-state index contributed by atoms with van der Waals surface area (Å²) >= 11 is 12.9. The number of carbonyl (C=O) groups excluding carboxylic acids is 1. The first-order valence-corrected chi connectivity index (χ1v) is 8.56. The van der Waals surface area contributed by atoms with E-state index in [1.54, 1.807) is 18.2 Å². The van der Waals surface area contributed by atoms with Gasteiger partial charge in [0, 0.05) is 10.6 Å². The van der Waals surface area contributed by atoms with E-state index in [9.17, 15) is 14.7 Å². The molecule has 0 saturated heterocycles. The number of aromatic carboxylic acids is 1. The van der Waals surface area contributed by atoms with Crippen LogP contribution in [0, 0.1) is 0 Å². The minimum absolute atomic E-state index is 0.0872. The van der Waals surface area contributed by atoms with Gasteiger partial charge in [-0.3, -0.25) is 0 Å². The second-order valence-electron chi connectivity index (χ2n) is 6.12. The average molecular weight is 387 g/mol. The van der Waals surface area contributed by atoms with Crippen molar-refractivity contribution in [1.82, 2.24) is 0 Å². The third-order valence-electron chi connectivity index (χ3n) is 3.09. The number of urea groups is 1. The molecular formula is C16H16Cl2N2O3S. The Kier molecular flexibility index (Phi) is 5.42. The highest BCUT2D eigenvalue weighted by Crippen LogP contribution is 2.35. The zero-order valence-corrected chi connectivity index (χ0v) is 15.6. The van der Waals surface area contributed by atoms with E-state index in [1.807, 2.05) is 20.8 Å². The van der Waals surface area contributed by atoms with Crippen LogP contribution in [0.2, 0.25) is 10.0 Å². The molecule has 0 unspecified atom stereocenters. The predicted octanol–water partition coefficient (Wildman–Crippen LogP) is 5.69. The van der Waals surface area contributed by atoms with Crippen LogP contribution in [0.5, 0.6) is 0 Å². The molecule has 128 valence electrons. The first kappa shape index (κ1) is 18.6. The molecule has 0 aliphatic rings. The molecule has 0 aliphatic carbocycles. The normalized spacial score (nSPS) is 11.2. The molecule has 0 saturated carbocycles. The van der Waals surface area contributed by atoms with Crippen LogP contribution in [0.4, 0.5) is 16.2 Å². The molecule has 0 fully saturated rings. The van der Waals surface area contributed by atoms with Gasteiger partial charge >= 0.3 is 12.0 Å². The maximum Gasteiger partial charge on any atom is 0.348 e. The summed E-state index contributed by atoms with van der Waals surface area (Å²) in [4.78, 5) is 24.5. The van der Waals surface area contributed by atoms with Gasteiger partial charge in [-0.05, 0) is 29.7 Å². The highest BCUT2D eigenvalue weighted by Gasteiger charge is 2.23. The molecule has 0 spiro atoms. The molecule has 2 amide bonds. The van der Waals surface area contributed by atoms with E-state index >= 15 is 0 Å². The number of carbonyl (C=O) groups is 2. The quantitative estimate of drug-likeness (QED) is 0.633. The van der Waals surface area contributed by atoms with Crippen LogP contribution in [-0.4, -0.2) is 17.1 Å². The number of amides is 2. The van der Waals surface area contributed by atoms with E-state index in [2.05, 4.69) is 10.6 Å². The maximum atomic E-state index is 12.1. The maximum absolute atomic E-state index is 12.1. The zero-order chi connectivity index (χ0) is 18.1. The molecule has 1 aromatic carbocycles. The van der Waals surface area contributed by atoms with Crippen LogP contribution in [0.15, 0.2) is 24.3 Å². The van der Waals surface area contributed by atoms with Crippen LogP contribution in [-0.2, 0) is 5.41 Å². The van der Waals surface area contributed by atoms with Crippen LogP contribution < -0.4 is 10.6 Å². The van der Waals surface area contributed by atoms with Gasteiger partial charge < -0.3 is 15.7 Å². The summed E-state index contributed by atoms with van der Waals surface area (Å²) in [5, 5.41) is 15.2. The summed E-state index contributed by atoms with van der Waals surface area (Å²) in [6.07, 6.45) is 0. The highest BCUT2D eigenvalue weighted by atomic mass is 35.5. The van der Waals surface area contributed by atoms with Crippen molar-refractivity contribution >= 4 is 57.9 Å². The van der Waals surface area contributed by atoms with Gasteiger partial charge in [-0.15, -0.1) is 11.3 Å². The van der Waals surface area contributed by atoms with Crippen molar-refractivity contribution in [2.24, 2.45) is 0 Å². The van der Waals surface area contributed by atoms with Crippen LogP contribution >= 0.6 is 34.5 Å². The van der Waals surface area contributed by atoms with Gasteiger partial charge in [0.1, 0.15) is 4.88 Å². The van der Waals surface area contributed by atoms with E-state index in [-0.39, 0.29) is 16.0 Å². The second-order valence-corrected chi connectivity index (χ2v) is 7.98. The second kappa shape index (κ2) is 7.01. The fourth-order valence-corrected chi connectivity index (χ4v) is 3.18. The molecule has 24 heavy (non-hydrogen) atoms. The van der Waals surface area contributed by atoms with Crippen molar-refractivity contribution in [3.8, 4) is 0 Å². The summed E-state index contributed by atoms with van der Waals surface area (Å²) < 4.78 is 0. The number of anilines is 2. The predicted molar refractivity (Wildman–Crippen MR) is 99.1 cm³/mol. The molecule has 0 atom stereocenters. The topological polar surface area (TPSA) is 78.4 Å². The molecule has 2 aromatic rings. The lowest BCUT2D eigenvalue weighted by atomic mass is 9.94. The number of benzene rings is 1. The van der Waals surface area contributed by atoms with Crippen LogP contribution in [0.3, 0.4) is 0 Å².